The normalized spacial score (nSPS) is 10.2. The van der Waals surface area contributed by atoms with Gasteiger partial charge in [0, 0.05) is 17.1 Å². The summed E-state index contributed by atoms with van der Waals surface area (Å²) in [6, 6.07) is 15.0. The van der Waals surface area contributed by atoms with Crippen molar-refractivity contribution in [2.24, 2.45) is 0 Å². The van der Waals surface area contributed by atoms with Crippen molar-refractivity contribution in [2.45, 2.75) is 26.2 Å². The molecule has 1 amide bonds. The lowest BCUT2D eigenvalue weighted by Gasteiger charge is -2.07. The average molecular weight is 346 g/mol. The first-order valence-corrected chi connectivity index (χ1v) is 8.17. The second-order valence-corrected chi connectivity index (χ2v) is 5.99. The predicted molar refractivity (Wildman–Crippen MR) is 95.2 cm³/mol. The second kappa shape index (κ2) is 9.08. The van der Waals surface area contributed by atoms with E-state index in [-0.39, 0.29) is 24.9 Å². The maximum absolute atomic E-state index is 11.8. The largest absolute Gasteiger partial charge is 0.456 e. The maximum atomic E-state index is 11.8. The molecule has 0 aliphatic rings. The average Bonchev–Trinajstić information content (AvgIpc) is 2.55. The quantitative estimate of drug-likeness (QED) is 0.767. The van der Waals surface area contributed by atoms with Crippen molar-refractivity contribution in [1.29, 1.82) is 0 Å². The van der Waals surface area contributed by atoms with Crippen molar-refractivity contribution in [3.05, 3.63) is 64.7 Å². The minimum Gasteiger partial charge on any atom is -0.456 e. The fourth-order valence-corrected chi connectivity index (χ4v) is 2.35. The Balaban J connectivity index is 1.65. The summed E-state index contributed by atoms with van der Waals surface area (Å²) in [7, 11) is 0. The molecule has 2 aromatic carbocycles. The first-order valence-electron chi connectivity index (χ1n) is 7.79. The molecule has 0 bridgehead atoms. The third kappa shape index (κ3) is 6.42. The smallest absolute Gasteiger partial charge is 0.306 e. The number of benzene rings is 2. The van der Waals surface area contributed by atoms with Crippen LogP contribution in [0, 0.1) is 6.92 Å². The number of nitrogens with one attached hydrogen (secondary N) is 1. The van der Waals surface area contributed by atoms with Gasteiger partial charge in [0.15, 0.2) is 6.61 Å². The van der Waals surface area contributed by atoms with Gasteiger partial charge in [-0.2, -0.15) is 0 Å². The van der Waals surface area contributed by atoms with Crippen LogP contribution in [0.1, 0.15) is 24.0 Å². The van der Waals surface area contributed by atoms with E-state index < -0.39 is 0 Å². The van der Waals surface area contributed by atoms with Gasteiger partial charge in [0.2, 0.25) is 0 Å². The van der Waals surface area contributed by atoms with Crippen molar-refractivity contribution in [3.8, 4) is 0 Å². The van der Waals surface area contributed by atoms with Crippen molar-refractivity contribution in [2.75, 3.05) is 11.9 Å². The van der Waals surface area contributed by atoms with Crippen molar-refractivity contribution in [3.63, 3.8) is 0 Å². The van der Waals surface area contributed by atoms with E-state index >= 15 is 0 Å². The Kier molecular flexibility index (Phi) is 6.82. The zero-order chi connectivity index (χ0) is 17.4. The number of hydrogen-bond donors (Lipinski definition) is 1. The molecule has 5 heteroatoms. The number of esters is 1. The lowest BCUT2D eigenvalue weighted by Crippen LogP contribution is -2.20. The van der Waals surface area contributed by atoms with Crippen molar-refractivity contribution in [1.82, 2.24) is 0 Å². The fraction of sp³-hybridized carbons (Fsp3) is 0.263. The van der Waals surface area contributed by atoms with E-state index in [9.17, 15) is 9.59 Å². The van der Waals surface area contributed by atoms with Gasteiger partial charge in [0.05, 0.1) is 0 Å². The van der Waals surface area contributed by atoms with E-state index in [2.05, 4.69) is 5.32 Å². The standard InChI is InChI=1S/C19H20ClNO3/c1-14-4-2-6-17(12-14)21-18(22)13-24-19(23)7-3-5-15-8-10-16(20)11-9-15/h2,4,6,8-12H,3,5,7,13H2,1H3,(H,21,22). The van der Waals surface area contributed by atoms with Crippen LogP contribution in [-0.2, 0) is 20.7 Å². The molecule has 0 radical (unpaired) electrons. The van der Waals surface area contributed by atoms with Gasteiger partial charge in [0.25, 0.3) is 5.91 Å². The first kappa shape index (κ1) is 18.0. The molecule has 0 aliphatic heterocycles. The third-order valence-electron chi connectivity index (χ3n) is 3.43. The Morgan fingerprint density at radius 2 is 1.88 bits per heavy atom. The Bertz CT molecular complexity index is 698. The fourth-order valence-electron chi connectivity index (χ4n) is 2.23. The van der Waals surface area contributed by atoms with Crippen LogP contribution in [-0.4, -0.2) is 18.5 Å². The van der Waals surface area contributed by atoms with Crippen LogP contribution in [0.3, 0.4) is 0 Å². The molecule has 0 aromatic heterocycles. The van der Waals surface area contributed by atoms with Gasteiger partial charge in [-0.1, -0.05) is 35.9 Å². The summed E-state index contributed by atoms with van der Waals surface area (Å²) in [6.07, 6.45) is 1.71. The van der Waals surface area contributed by atoms with Crippen LogP contribution < -0.4 is 5.32 Å². The summed E-state index contributed by atoms with van der Waals surface area (Å²) in [5, 5.41) is 3.39. The molecule has 0 aliphatic carbocycles. The van der Waals surface area contributed by atoms with E-state index in [1.54, 1.807) is 6.07 Å². The van der Waals surface area contributed by atoms with E-state index in [0.29, 0.717) is 17.1 Å². The second-order valence-electron chi connectivity index (χ2n) is 5.56. The van der Waals surface area contributed by atoms with Gasteiger partial charge in [-0.3, -0.25) is 9.59 Å². The molecule has 0 fully saturated rings. The number of halogens is 1. The number of amides is 1. The molecule has 126 valence electrons. The van der Waals surface area contributed by atoms with Crippen LogP contribution >= 0.6 is 11.6 Å². The Hall–Kier alpha value is -2.33. The summed E-state index contributed by atoms with van der Waals surface area (Å²) < 4.78 is 4.99. The monoisotopic (exact) mass is 345 g/mol. The minimum absolute atomic E-state index is 0.270. The number of aryl methyl sites for hydroxylation is 2. The zero-order valence-electron chi connectivity index (χ0n) is 13.5. The lowest BCUT2D eigenvalue weighted by molar-refractivity contribution is -0.147. The van der Waals surface area contributed by atoms with Gasteiger partial charge in [-0.15, -0.1) is 0 Å². The molecule has 0 saturated carbocycles. The topological polar surface area (TPSA) is 55.4 Å². The summed E-state index contributed by atoms with van der Waals surface area (Å²) in [6.45, 7) is 1.67. The third-order valence-corrected chi connectivity index (χ3v) is 3.68. The molecule has 0 saturated heterocycles. The van der Waals surface area contributed by atoms with E-state index in [0.717, 1.165) is 17.5 Å². The number of carbonyl (C=O) groups is 2. The lowest BCUT2D eigenvalue weighted by atomic mass is 10.1. The van der Waals surface area contributed by atoms with E-state index in [1.807, 2.05) is 49.4 Å². The molecule has 4 nitrogen and oxygen atoms in total. The minimum atomic E-state index is -0.372. The highest BCUT2D eigenvalue weighted by atomic mass is 35.5. The van der Waals surface area contributed by atoms with E-state index in [1.165, 1.54) is 0 Å². The molecular formula is C19H20ClNO3. The molecule has 1 N–H and O–H groups in total. The first-order chi connectivity index (χ1) is 11.5. The summed E-state index contributed by atoms with van der Waals surface area (Å²) >= 11 is 5.82. The Morgan fingerprint density at radius 3 is 2.58 bits per heavy atom. The number of ether oxygens (including phenoxy) is 1. The van der Waals surface area contributed by atoms with Gasteiger partial charge in [-0.05, 0) is 55.2 Å². The summed E-state index contributed by atoms with van der Waals surface area (Å²) in [5.74, 6) is -0.713. The zero-order valence-corrected chi connectivity index (χ0v) is 14.3. The Morgan fingerprint density at radius 1 is 1.12 bits per heavy atom. The summed E-state index contributed by atoms with van der Waals surface area (Å²) in [5.41, 5.74) is 2.86. The number of anilines is 1. The van der Waals surface area contributed by atoms with Gasteiger partial charge >= 0.3 is 5.97 Å². The highest BCUT2D eigenvalue weighted by molar-refractivity contribution is 6.30. The molecule has 24 heavy (non-hydrogen) atoms. The maximum Gasteiger partial charge on any atom is 0.306 e. The Labute approximate surface area is 146 Å². The highest BCUT2D eigenvalue weighted by Gasteiger charge is 2.08. The molecule has 2 rings (SSSR count). The number of hydrogen-bond acceptors (Lipinski definition) is 3. The van der Waals surface area contributed by atoms with Crippen LogP contribution in [0.5, 0.6) is 0 Å². The molecule has 2 aromatic rings. The van der Waals surface area contributed by atoms with Crippen LogP contribution in [0.15, 0.2) is 48.5 Å². The molecule has 0 atom stereocenters. The van der Waals surface area contributed by atoms with Crippen molar-refractivity contribution < 1.29 is 14.3 Å². The SMILES string of the molecule is Cc1cccc(NC(=O)COC(=O)CCCc2ccc(Cl)cc2)c1. The molecule has 0 spiro atoms. The highest BCUT2D eigenvalue weighted by Crippen LogP contribution is 2.12. The van der Waals surface area contributed by atoms with Gasteiger partial charge in [0.1, 0.15) is 0 Å². The summed E-state index contributed by atoms with van der Waals surface area (Å²) in [4.78, 5) is 23.4. The molecule has 0 unspecified atom stereocenters. The van der Waals surface area contributed by atoms with Gasteiger partial charge in [-0.25, -0.2) is 0 Å². The number of carbonyl (C=O) groups excluding carboxylic acids is 2. The van der Waals surface area contributed by atoms with E-state index in [4.69, 9.17) is 16.3 Å². The predicted octanol–water partition coefficient (Wildman–Crippen LogP) is 4.15. The van der Waals surface area contributed by atoms with Crippen LogP contribution in [0.4, 0.5) is 5.69 Å². The van der Waals surface area contributed by atoms with Crippen molar-refractivity contribution >= 4 is 29.2 Å². The van der Waals surface area contributed by atoms with Crippen LogP contribution in [0.25, 0.3) is 0 Å². The van der Waals surface area contributed by atoms with Gasteiger partial charge < -0.3 is 10.1 Å². The molecular weight excluding hydrogens is 326 g/mol. The van der Waals surface area contributed by atoms with Crippen LogP contribution in [0.2, 0.25) is 5.02 Å². The molecule has 0 heterocycles. The number of rotatable bonds is 7.